The molecule has 0 spiro atoms. The van der Waals surface area contributed by atoms with Gasteiger partial charge in [0.15, 0.2) is 17.3 Å². The molecular weight excluding hydrogens is 478 g/mol. The number of hydrogen-bond donors (Lipinski definition) is 3. The van der Waals surface area contributed by atoms with Gasteiger partial charge in [0.05, 0.1) is 19.6 Å². The molecule has 1 aromatic carbocycles. The quantitative estimate of drug-likeness (QED) is 0.439. The number of carbonyl (C=O) groups is 1. The van der Waals surface area contributed by atoms with E-state index in [1.165, 1.54) is 25.3 Å². The third-order valence-corrected chi connectivity index (χ3v) is 7.26. The first kappa shape index (κ1) is 24.6. The highest BCUT2D eigenvalue weighted by Crippen LogP contribution is 2.38. The van der Waals surface area contributed by atoms with Crippen molar-refractivity contribution in [3.05, 3.63) is 85.8 Å². The van der Waals surface area contributed by atoms with Gasteiger partial charge in [0.2, 0.25) is 17.1 Å². The SMILES string of the molecule is COc1cc(C(CC(N)=O)c2oc(CN3CC4CC(C3)c3cccc(=O)n3C4)cc(=O)c2O)ccc1O. The summed E-state index contributed by atoms with van der Waals surface area (Å²) >= 11 is 0. The average molecular weight is 508 g/mol. The first-order valence-corrected chi connectivity index (χ1v) is 12.2. The Hall–Kier alpha value is -4.05. The molecule has 0 saturated carbocycles. The number of methoxy groups -OCH3 is 1. The second-order valence-electron chi connectivity index (χ2n) is 9.84. The summed E-state index contributed by atoms with van der Waals surface area (Å²) in [6.45, 7) is 2.40. The summed E-state index contributed by atoms with van der Waals surface area (Å²) in [6, 6.07) is 11.1. The van der Waals surface area contributed by atoms with Crippen molar-refractivity contribution in [1.82, 2.24) is 9.47 Å². The first-order chi connectivity index (χ1) is 17.7. The number of rotatable bonds is 7. The van der Waals surface area contributed by atoms with E-state index in [9.17, 15) is 24.6 Å². The lowest BCUT2D eigenvalue weighted by molar-refractivity contribution is -0.118. The number of pyridine rings is 1. The topological polar surface area (TPSA) is 148 Å². The van der Waals surface area contributed by atoms with E-state index in [2.05, 4.69) is 4.90 Å². The Morgan fingerprint density at radius 1 is 1.16 bits per heavy atom. The number of piperidine rings is 1. The monoisotopic (exact) mass is 507 g/mol. The van der Waals surface area contributed by atoms with Crippen molar-refractivity contribution < 1.29 is 24.2 Å². The molecule has 1 saturated heterocycles. The predicted molar refractivity (Wildman–Crippen MR) is 134 cm³/mol. The molecule has 2 aromatic heterocycles. The van der Waals surface area contributed by atoms with Crippen LogP contribution in [-0.2, 0) is 17.9 Å². The third-order valence-electron chi connectivity index (χ3n) is 7.26. The van der Waals surface area contributed by atoms with E-state index >= 15 is 0 Å². The number of nitrogens with zero attached hydrogens (tertiary/aromatic N) is 2. The van der Waals surface area contributed by atoms with Gasteiger partial charge in [-0.2, -0.15) is 0 Å². The van der Waals surface area contributed by atoms with Crippen LogP contribution in [0.15, 0.2) is 56.5 Å². The fourth-order valence-electron chi connectivity index (χ4n) is 5.69. The Balaban J connectivity index is 1.46. The van der Waals surface area contributed by atoms with Crippen LogP contribution in [0, 0.1) is 5.92 Å². The van der Waals surface area contributed by atoms with E-state index in [1.54, 1.807) is 18.2 Å². The van der Waals surface area contributed by atoms with Crippen molar-refractivity contribution in [3.8, 4) is 17.2 Å². The van der Waals surface area contributed by atoms with E-state index in [1.807, 2.05) is 10.6 Å². The molecule has 1 amide bonds. The molecule has 1 fully saturated rings. The number of nitrogens with two attached hydrogens (primary N) is 1. The molecule has 3 unspecified atom stereocenters. The maximum Gasteiger partial charge on any atom is 0.250 e. The summed E-state index contributed by atoms with van der Waals surface area (Å²) in [6.07, 6.45) is 0.765. The van der Waals surface area contributed by atoms with Crippen LogP contribution in [0.1, 0.15) is 47.5 Å². The summed E-state index contributed by atoms with van der Waals surface area (Å²) in [7, 11) is 1.39. The summed E-state index contributed by atoms with van der Waals surface area (Å²) in [5.41, 5.74) is 6.39. The van der Waals surface area contributed by atoms with Crippen LogP contribution >= 0.6 is 0 Å². The molecule has 194 valence electrons. The van der Waals surface area contributed by atoms with Crippen LogP contribution in [0.3, 0.4) is 0 Å². The zero-order chi connectivity index (χ0) is 26.3. The van der Waals surface area contributed by atoms with Crippen molar-refractivity contribution >= 4 is 5.91 Å². The number of phenols is 1. The summed E-state index contributed by atoms with van der Waals surface area (Å²) < 4.78 is 13.1. The number of benzene rings is 1. The van der Waals surface area contributed by atoms with Crippen LogP contribution in [-0.4, -0.2) is 45.8 Å². The third kappa shape index (κ3) is 4.84. The predicted octanol–water partition coefficient (Wildman–Crippen LogP) is 1.85. The van der Waals surface area contributed by atoms with Crippen molar-refractivity contribution in [2.45, 2.75) is 37.8 Å². The number of fused-ring (bicyclic) bond motifs is 4. The normalized spacial score (nSPS) is 19.7. The number of carbonyl (C=O) groups excluding carboxylic acids is 1. The van der Waals surface area contributed by atoms with Crippen LogP contribution in [0.5, 0.6) is 17.2 Å². The molecule has 2 aliphatic heterocycles. The Kier molecular flexibility index (Phi) is 6.51. The number of ether oxygens (including phenoxy) is 1. The minimum absolute atomic E-state index is 0.0150. The summed E-state index contributed by atoms with van der Waals surface area (Å²) in [5.74, 6) is -1.26. The number of amides is 1. The first-order valence-electron chi connectivity index (χ1n) is 12.2. The number of likely N-dealkylation sites (tertiary alicyclic amines) is 1. The van der Waals surface area contributed by atoms with E-state index in [4.69, 9.17) is 14.9 Å². The fourth-order valence-corrected chi connectivity index (χ4v) is 5.69. The van der Waals surface area contributed by atoms with Crippen molar-refractivity contribution in [1.29, 1.82) is 0 Å². The molecule has 4 heterocycles. The van der Waals surface area contributed by atoms with Gasteiger partial charge in [0.25, 0.3) is 5.56 Å². The highest BCUT2D eigenvalue weighted by molar-refractivity contribution is 5.75. The minimum atomic E-state index is -0.862. The number of hydrogen-bond acceptors (Lipinski definition) is 8. The van der Waals surface area contributed by atoms with Gasteiger partial charge in [-0.1, -0.05) is 12.1 Å². The molecule has 3 atom stereocenters. The molecule has 2 aliphatic rings. The number of phenolic OH excluding ortho intramolecular Hbond substituents is 1. The zero-order valence-electron chi connectivity index (χ0n) is 20.4. The number of primary amides is 1. The zero-order valence-corrected chi connectivity index (χ0v) is 20.4. The molecule has 0 aliphatic carbocycles. The van der Waals surface area contributed by atoms with E-state index < -0.39 is 23.0 Å². The molecular formula is C27H29N3O7. The van der Waals surface area contributed by atoms with Crippen molar-refractivity contribution in [2.75, 3.05) is 20.2 Å². The van der Waals surface area contributed by atoms with Gasteiger partial charge in [-0.25, -0.2) is 0 Å². The molecule has 10 nitrogen and oxygen atoms in total. The van der Waals surface area contributed by atoms with Gasteiger partial charge in [0.1, 0.15) is 5.76 Å². The standard InChI is InChI=1S/C27H29N3O7/c1-36-23-8-16(5-6-21(23)31)19(10-24(28)33)27-26(35)22(32)9-18(37-27)14-29-11-15-7-17(13-29)20-3-2-4-25(34)30(20)12-15/h2-6,8-9,15,17,19,31,35H,7,10-14H2,1H3,(H2,28,33). The van der Waals surface area contributed by atoms with Gasteiger partial charge >= 0.3 is 0 Å². The van der Waals surface area contributed by atoms with Crippen molar-refractivity contribution in [2.24, 2.45) is 11.7 Å². The van der Waals surface area contributed by atoms with E-state index in [0.717, 1.165) is 18.7 Å². The molecule has 2 bridgehead atoms. The summed E-state index contributed by atoms with van der Waals surface area (Å²) in [4.78, 5) is 39.2. The Labute approximate surface area is 212 Å². The number of aromatic nitrogens is 1. The van der Waals surface area contributed by atoms with Gasteiger partial charge in [-0.3, -0.25) is 19.3 Å². The molecule has 37 heavy (non-hydrogen) atoms. The Morgan fingerprint density at radius 3 is 2.73 bits per heavy atom. The Morgan fingerprint density at radius 2 is 1.97 bits per heavy atom. The molecule has 0 radical (unpaired) electrons. The van der Waals surface area contributed by atoms with Crippen molar-refractivity contribution in [3.63, 3.8) is 0 Å². The van der Waals surface area contributed by atoms with E-state index in [0.29, 0.717) is 36.9 Å². The average Bonchev–Trinajstić information content (AvgIpc) is 2.86. The second kappa shape index (κ2) is 9.78. The minimum Gasteiger partial charge on any atom is -0.504 e. The maximum atomic E-state index is 12.8. The van der Waals surface area contributed by atoms with Crippen LogP contribution in [0.25, 0.3) is 0 Å². The number of aromatic hydroxyl groups is 2. The lowest BCUT2D eigenvalue weighted by Crippen LogP contribution is -2.46. The highest BCUT2D eigenvalue weighted by atomic mass is 16.5. The highest BCUT2D eigenvalue weighted by Gasteiger charge is 2.35. The molecule has 4 N–H and O–H groups in total. The fraction of sp³-hybridized carbons (Fsp3) is 0.370. The smallest absolute Gasteiger partial charge is 0.250 e. The largest absolute Gasteiger partial charge is 0.504 e. The van der Waals surface area contributed by atoms with Crippen LogP contribution in [0.2, 0.25) is 0 Å². The Bertz CT molecular complexity index is 1460. The molecule has 5 rings (SSSR count). The lowest BCUT2D eigenvalue weighted by atomic mass is 9.83. The van der Waals surface area contributed by atoms with E-state index in [-0.39, 0.29) is 35.2 Å². The van der Waals surface area contributed by atoms with Crippen LogP contribution < -0.4 is 21.5 Å². The lowest BCUT2D eigenvalue weighted by Gasteiger charge is -2.42. The van der Waals surface area contributed by atoms with Gasteiger partial charge < -0.3 is 29.7 Å². The van der Waals surface area contributed by atoms with Gasteiger partial charge in [0, 0.05) is 49.8 Å². The second-order valence-corrected chi connectivity index (χ2v) is 9.84. The van der Waals surface area contributed by atoms with Gasteiger partial charge in [-0.05, 0) is 36.1 Å². The molecule has 3 aromatic rings. The van der Waals surface area contributed by atoms with Crippen LogP contribution in [0.4, 0.5) is 0 Å². The van der Waals surface area contributed by atoms with Gasteiger partial charge in [-0.15, -0.1) is 0 Å². The maximum absolute atomic E-state index is 12.8. The summed E-state index contributed by atoms with van der Waals surface area (Å²) in [5, 5.41) is 20.6. The molecule has 10 heteroatoms.